The second-order valence-electron chi connectivity index (χ2n) is 6.07. The maximum absolute atomic E-state index is 12.0. The van der Waals surface area contributed by atoms with Gasteiger partial charge in [-0.2, -0.15) is 4.98 Å². The number of nitrogens with one attached hydrogen (secondary N) is 2. The third kappa shape index (κ3) is 8.69. The number of rotatable bonds is 10. The van der Waals surface area contributed by atoms with Crippen LogP contribution in [0.5, 0.6) is 0 Å². The normalized spacial score (nSPS) is 11.9. The number of carbonyl (C=O) groups excluding carboxylic acids is 2. The third-order valence-electron chi connectivity index (χ3n) is 3.80. The lowest BCUT2D eigenvalue weighted by Crippen LogP contribution is -2.46. The number of nitrogens with two attached hydrogens (primary N) is 2. The number of hydrogen-bond acceptors (Lipinski definition) is 7. The molecule has 2 atom stereocenters. The van der Waals surface area contributed by atoms with Gasteiger partial charge in [-0.1, -0.05) is 50.3 Å². The zero-order chi connectivity index (χ0) is 20.5. The van der Waals surface area contributed by atoms with Gasteiger partial charge in [-0.25, -0.2) is 9.59 Å². The van der Waals surface area contributed by atoms with Crippen LogP contribution in [0.2, 0.25) is 0 Å². The van der Waals surface area contributed by atoms with Gasteiger partial charge in [0.25, 0.3) is 0 Å². The molecule has 1 aromatic heterocycles. The summed E-state index contributed by atoms with van der Waals surface area (Å²) in [7, 11) is 0. The Labute approximate surface area is 175 Å². The van der Waals surface area contributed by atoms with Gasteiger partial charge in [-0.15, -0.1) is 0 Å². The Morgan fingerprint density at radius 3 is 2.43 bits per heavy atom. The highest BCUT2D eigenvalue weighted by atomic mass is 16.5. The van der Waals surface area contributed by atoms with Crippen molar-refractivity contribution in [3.05, 3.63) is 47.6 Å². The van der Waals surface area contributed by atoms with Crippen molar-refractivity contribution in [1.29, 1.82) is 0 Å². The summed E-state index contributed by atoms with van der Waals surface area (Å²) < 4.78 is 4.97. The molecule has 11 nitrogen and oxygen atoms in total. The third-order valence-corrected chi connectivity index (χ3v) is 3.80. The number of aliphatic carboxylic acids is 1. The number of nitrogens with zero attached hydrogens (tertiary/aromatic N) is 2. The van der Waals surface area contributed by atoms with E-state index in [1.165, 1.54) is 0 Å². The topological polar surface area (TPSA) is 186 Å². The van der Waals surface area contributed by atoms with Crippen molar-refractivity contribution in [1.82, 2.24) is 20.8 Å². The highest BCUT2D eigenvalue weighted by Gasteiger charge is 2.21. The summed E-state index contributed by atoms with van der Waals surface area (Å²) >= 11 is 0. The smallest absolute Gasteiger partial charge is 0.326 e. The zero-order valence-electron chi connectivity index (χ0n) is 15.0. The lowest BCUT2D eigenvalue weighted by atomic mass is 10.1. The Balaban J connectivity index is 0.00000420. The number of primary amides is 1. The van der Waals surface area contributed by atoms with Crippen molar-refractivity contribution in [2.24, 2.45) is 11.5 Å². The number of urea groups is 1. The molecule has 2 aromatic rings. The molecule has 166 valence electrons. The quantitative estimate of drug-likeness (QED) is 0.376. The van der Waals surface area contributed by atoms with Gasteiger partial charge in [0.15, 0.2) is 5.82 Å². The molecule has 2 rings (SSSR count). The lowest BCUT2D eigenvalue weighted by molar-refractivity contribution is -0.139. The Kier molecular flexibility index (Phi) is 11.4. The molecule has 3 amide bonds. The Bertz CT molecular complexity index is 811. The fourth-order valence-corrected chi connectivity index (χ4v) is 2.33. The molecule has 1 aromatic carbocycles. The first-order chi connectivity index (χ1) is 13.3. The van der Waals surface area contributed by atoms with Gasteiger partial charge < -0.3 is 31.7 Å². The number of carbonyl (C=O) groups is 3. The Morgan fingerprint density at radius 1 is 1.17 bits per heavy atom. The standard InChI is InChI=1S/C17H22N6O5.2CH4/c18-11(6-7-13(19)24)15-22-14(28-23-15)9-20-17(27)21-12(16(25)26)8-10-4-2-1-3-5-10;;/h1-5,11-12H,6-9,18H2,(H2,19,24)(H,25,26)(H2,20,21,27);2*1H4/t11-,12-;;/m0../s1. The molecule has 0 fully saturated rings. The van der Waals surface area contributed by atoms with Crippen molar-refractivity contribution in [3.63, 3.8) is 0 Å². The maximum atomic E-state index is 12.0. The molecule has 0 unspecified atom stereocenters. The van der Waals surface area contributed by atoms with Crippen molar-refractivity contribution in [2.75, 3.05) is 0 Å². The molecule has 11 heteroatoms. The fraction of sp³-hybridized carbons (Fsp3) is 0.421. The molecular formula is C19H30N6O5. The highest BCUT2D eigenvalue weighted by molar-refractivity contribution is 5.82. The molecule has 30 heavy (non-hydrogen) atoms. The van der Waals surface area contributed by atoms with Crippen LogP contribution in [0.15, 0.2) is 34.9 Å². The van der Waals surface area contributed by atoms with Crippen LogP contribution >= 0.6 is 0 Å². The second-order valence-corrected chi connectivity index (χ2v) is 6.07. The first-order valence-corrected chi connectivity index (χ1v) is 8.52. The molecule has 0 bridgehead atoms. The lowest BCUT2D eigenvalue weighted by Gasteiger charge is -2.14. The monoisotopic (exact) mass is 422 g/mol. The molecule has 0 saturated carbocycles. The SMILES string of the molecule is C.C.NC(=O)CC[C@H](N)c1noc(CNC(=O)N[C@@H](Cc2ccccc2)C(=O)O)n1. The van der Waals surface area contributed by atoms with E-state index < -0.39 is 30.0 Å². The van der Waals surface area contributed by atoms with E-state index >= 15 is 0 Å². The zero-order valence-corrected chi connectivity index (χ0v) is 15.0. The van der Waals surface area contributed by atoms with E-state index in [0.29, 0.717) is 0 Å². The predicted molar refractivity (Wildman–Crippen MR) is 110 cm³/mol. The molecule has 7 N–H and O–H groups in total. The number of amides is 3. The van der Waals surface area contributed by atoms with Gasteiger partial charge >= 0.3 is 12.0 Å². The van der Waals surface area contributed by atoms with Gasteiger partial charge in [-0.05, 0) is 12.0 Å². The summed E-state index contributed by atoms with van der Waals surface area (Å²) in [6.45, 7) is -0.112. The summed E-state index contributed by atoms with van der Waals surface area (Å²) in [5, 5.41) is 17.8. The minimum Gasteiger partial charge on any atom is -0.480 e. The summed E-state index contributed by atoms with van der Waals surface area (Å²) in [4.78, 5) is 38.2. The average Bonchev–Trinajstić information content (AvgIpc) is 3.14. The first-order valence-electron chi connectivity index (χ1n) is 8.52. The van der Waals surface area contributed by atoms with Crippen LogP contribution in [0.3, 0.4) is 0 Å². The van der Waals surface area contributed by atoms with Crippen LogP contribution in [0.4, 0.5) is 4.79 Å². The molecular weight excluding hydrogens is 392 g/mol. The van der Waals surface area contributed by atoms with E-state index in [4.69, 9.17) is 16.0 Å². The predicted octanol–water partition coefficient (Wildman–Crippen LogP) is 1.10. The van der Waals surface area contributed by atoms with Crippen LogP contribution in [-0.2, 0) is 22.6 Å². The van der Waals surface area contributed by atoms with E-state index in [1.807, 2.05) is 6.07 Å². The van der Waals surface area contributed by atoms with Crippen LogP contribution in [0.25, 0.3) is 0 Å². The summed E-state index contributed by atoms with van der Waals surface area (Å²) in [5.74, 6) is -1.36. The summed E-state index contributed by atoms with van der Waals surface area (Å²) in [6, 6.07) is 6.53. The summed E-state index contributed by atoms with van der Waals surface area (Å²) in [5.41, 5.74) is 11.7. The molecule has 1 heterocycles. The number of aromatic nitrogens is 2. The van der Waals surface area contributed by atoms with E-state index in [2.05, 4.69) is 20.8 Å². The fourth-order valence-electron chi connectivity index (χ4n) is 2.33. The van der Waals surface area contributed by atoms with Crippen LogP contribution in [-0.4, -0.2) is 39.2 Å². The van der Waals surface area contributed by atoms with Crippen LogP contribution < -0.4 is 22.1 Å². The molecule has 0 aliphatic rings. The largest absolute Gasteiger partial charge is 0.480 e. The van der Waals surface area contributed by atoms with Crippen molar-refractivity contribution >= 4 is 17.9 Å². The van der Waals surface area contributed by atoms with Gasteiger partial charge in [0.2, 0.25) is 11.8 Å². The van der Waals surface area contributed by atoms with Gasteiger partial charge in [0, 0.05) is 12.8 Å². The van der Waals surface area contributed by atoms with E-state index in [1.54, 1.807) is 24.3 Å². The number of benzene rings is 1. The minimum absolute atomic E-state index is 0. The molecule has 0 aliphatic heterocycles. The molecule has 0 spiro atoms. The average molecular weight is 422 g/mol. The summed E-state index contributed by atoms with van der Waals surface area (Å²) in [6.07, 6.45) is 0.495. The van der Waals surface area contributed by atoms with E-state index in [0.717, 1.165) is 5.56 Å². The van der Waals surface area contributed by atoms with Gasteiger partial charge in [-0.3, -0.25) is 4.79 Å². The Morgan fingerprint density at radius 2 is 1.83 bits per heavy atom. The first kappa shape index (κ1) is 26.5. The number of carboxylic acids is 1. The van der Waals surface area contributed by atoms with Crippen molar-refractivity contribution < 1.29 is 24.0 Å². The van der Waals surface area contributed by atoms with Crippen LogP contribution in [0, 0.1) is 0 Å². The second kappa shape index (κ2) is 12.9. The van der Waals surface area contributed by atoms with E-state index in [-0.39, 0.29) is 52.4 Å². The van der Waals surface area contributed by atoms with Crippen molar-refractivity contribution in [3.8, 4) is 0 Å². The molecule has 0 aliphatic carbocycles. The van der Waals surface area contributed by atoms with Gasteiger partial charge in [0.1, 0.15) is 6.04 Å². The van der Waals surface area contributed by atoms with E-state index in [9.17, 15) is 19.5 Å². The Hall–Kier alpha value is -3.47. The van der Waals surface area contributed by atoms with Crippen molar-refractivity contribution in [2.45, 2.75) is 52.7 Å². The van der Waals surface area contributed by atoms with Gasteiger partial charge in [0.05, 0.1) is 12.6 Å². The van der Waals surface area contributed by atoms with Crippen LogP contribution in [0.1, 0.15) is 51.0 Å². The maximum Gasteiger partial charge on any atom is 0.326 e. The number of carboxylic acid groups (broad SMARTS) is 1. The molecule has 0 radical (unpaired) electrons. The number of hydrogen-bond donors (Lipinski definition) is 5. The minimum atomic E-state index is -1.15. The highest BCUT2D eigenvalue weighted by Crippen LogP contribution is 2.12. The molecule has 0 saturated heterocycles.